The highest BCUT2D eigenvalue weighted by molar-refractivity contribution is 5.71. The van der Waals surface area contributed by atoms with Crippen molar-refractivity contribution in [3.63, 3.8) is 0 Å². The van der Waals surface area contributed by atoms with Gasteiger partial charge in [-0.15, -0.1) is 0 Å². The second kappa shape index (κ2) is 5.44. The molecule has 15 heavy (non-hydrogen) atoms. The van der Waals surface area contributed by atoms with Crippen LogP contribution in [0.4, 0.5) is 0 Å². The van der Waals surface area contributed by atoms with E-state index in [4.69, 9.17) is 14.2 Å². The first-order chi connectivity index (χ1) is 7.03. The molecule has 5 nitrogen and oxygen atoms in total. The van der Waals surface area contributed by atoms with Crippen LogP contribution in [0.15, 0.2) is 0 Å². The third kappa shape index (κ3) is 4.59. The van der Waals surface area contributed by atoms with Gasteiger partial charge in [0.1, 0.15) is 0 Å². The van der Waals surface area contributed by atoms with Crippen molar-refractivity contribution in [1.82, 2.24) is 5.32 Å². The maximum atomic E-state index is 11.0. The number of hydrogen-bond acceptors (Lipinski definition) is 5. The molecule has 0 amide bonds. The summed E-state index contributed by atoms with van der Waals surface area (Å²) in [6.45, 7) is 7.32. The molecule has 88 valence electrons. The Labute approximate surface area is 90.1 Å². The van der Waals surface area contributed by atoms with Gasteiger partial charge in [0.05, 0.1) is 25.9 Å². The Hall–Kier alpha value is -0.650. The van der Waals surface area contributed by atoms with E-state index in [-0.39, 0.29) is 18.6 Å². The van der Waals surface area contributed by atoms with Gasteiger partial charge >= 0.3 is 5.97 Å². The minimum Gasteiger partial charge on any atom is -0.465 e. The van der Waals surface area contributed by atoms with E-state index in [1.54, 1.807) is 6.92 Å². The average molecular weight is 217 g/mol. The predicted molar refractivity (Wildman–Crippen MR) is 54.4 cm³/mol. The molecule has 0 aromatic heterocycles. The van der Waals surface area contributed by atoms with Gasteiger partial charge in [-0.05, 0) is 20.8 Å². The van der Waals surface area contributed by atoms with Gasteiger partial charge in [-0.2, -0.15) is 0 Å². The first kappa shape index (κ1) is 12.4. The van der Waals surface area contributed by atoms with Crippen LogP contribution in [-0.4, -0.2) is 44.2 Å². The summed E-state index contributed by atoms with van der Waals surface area (Å²) in [5, 5.41) is 2.97. The van der Waals surface area contributed by atoms with Crippen molar-refractivity contribution in [3.8, 4) is 0 Å². The van der Waals surface area contributed by atoms with Crippen LogP contribution in [0.1, 0.15) is 20.8 Å². The molecular formula is C10H19NO4. The molecule has 0 aromatic rings. The summed E-state index contributed by atoms with van der Waals surface area (Å²) < 4.78 is 15.7. The number of ether oxygens (including phenoxy) is 3. The van der Waals surface area contributed by atoms with Gasteiger partial charge < -0.3 is 19.5 Å². The van der Waals surface area contributed by atoms with Crippen molar-refractivity contribution < 1.29 is 19.0 Å². The lowest BCUT2D eigenvalue weighted by Crippen LogP contribution is -2.34. The molecule has 0 radical (unpaired) electrons. The molecule has 0 spiro atoms. The highest BCUT2D eigenvalue weighted by atomic mass is 16.7. The topological polar surface area (TPSA) is 56.8 Å². The Kier molecular flexibility index (Phi) is 4.50. The first-order valence-electron chi connectivity index (χ1n) is 5.21. The van der Waals surface area contributed by atoms with E-state index >= 15 is 0 Å². The van der Waals surface area contributed by atoms with Crippen LogP contribution in [0.5, 0.6) is 0 Å². The molecule has 5 heteroatoms. The summed E-state index contributed by atoms with van der Waals surface area (Å²) in [7, 11) is 0. The molecule has 0 bridgehead atoms. The average Bonchev–Trinajstić information content (AvgIpc) is 2.46. The van der Waals surface area contributed by atoms with Crippen molar-refractivity contribution in [3.05, 3.63) is 0 Å². The normalized spacial score (nSPS) is 24.1. The zero-order chi connectivity index (χ0) is 11.3. The van der Waals surface area contributed by atoms with Crippen LogP contribution in [0.3, 0.4) is 0 Å². The fraction of sp³-hybridized carbons (Fsp3) is 0.900. The summed E-state index contributed by atoms with van der Waals surface area (Å²) in [5.74, 6) is -0.744. The molecule has 0 aliphatic carbocycles. The summed E-state index contributed by atoms with van der Waals surface area (Å²) in [6.07, 6.45) is 0.00873. The molecule has 1 N–H and O–H groups in total. The van der Waals surface area contributed by atoms with Crippen molar-refractivity contribution >= 4 is 5.97 Å². The quantitative estimate of drug-likeness (QED) is 0.671. The molecule has 1 saturated heterocycles. The molecule has 1 heterocycles. The Morgan fingerprint density at radius 3 is 2.87 bits per heavy atom. The molecule has 1 rings (SSSR count). The highest BCUT2D eigenvalue weighted by Crippen LogP contribution is 2.21. The van der Waals surface area contributed by atoms with Crippen LogP contribution < -0.4 is 5.32 Å². The van der Waals surface area contributed by atoms with Gasteiger partial charge in [0, 0.05) is 6.54 Å². The predicted octanol–water partition coefficient (Wildman–Crippen LogP) is 0.291. The third-order valence-corrected chi connectivity index (χ3v) is 2.01. The van der Waals surface area contributed by atoms with E-state index in [9.17, 15) is 4.79 Å². The number of nitrogens with one attached hydrogen (secondary N) is 1. The monoisotopic (exact) mass is 217 g/mol. The second-order valence-corrected chi connectivity index (χ2v) is 3.89. The first-order valence-corrected chi connectivity index (χ1v) is 5.21. The van der Waals surface area contributed by atoms with E-state index in [2.05, 4.69) is 5.32 Å². The fourth-order valence-electron chi connectivity index (χ4n) is 1.41. The molecule has 1 aliphatic rings. The minimum absolute atomic E-state index is 0.00873. The van der Waals surface area contributed by atoms with Crippen molar-refractivity contribution in [2.75, 3.05) is 26.3 Å². The molecule has 0 aromatic carbocycles. The summed E-state index contributed by atoms with van der Waals surface area (Å²) in [5.41, 5.74) is 0. The van der Waals surface area contributed by atoms with Crippen LogP contribution in [0.25, 0.3) is 0 Å². The van der Waals surface area contributed by atoms with Gasteiger partial charge in [-0.3, -0.25) is 4.79 Å². The van der Waals surface area contributed by atoms with Crippen LogP contribution >= 0.6 is 0 Å². The van der Waals surface area contributed by atoms with Crippen LogP contribution in [0, 0.1) is 0 Å². The number of rotatable bonds is 5. The largest absolute Gasteiger partial charge is 0.465 e. The molecule has 1 aliphatic heterocycles. The van der Waals surface area contributed by atoms with Crippen molar-refractivity contribution in [2.24, 2.45) is 0 Å². The van der Waals surface area contributed by atoms with E-state index in [1.807, 2.05) is 13.8 Å². The van der Waals surface area contributed by atoms with Crippen LogP contribution in [0.2, 0.25) is 0 Å². The Morgan fingerprint density at radius 2 is 2.33 bits per heavy atom. The molecular weight excluding hydrogens is 198 g/mol. The Bertz CT molecular complexity index is 217. The smallest absolute Gasteiger partial charge is 0.319 e. The summed E-state index contributed by atoms with van der Waals surface area (Å²) >= 11 is 0. The van der Waals surface area contributed by atoms with E-state index in [1.165, 1.54) is 0 Å². The lowest BCUT2D eigenvalue weighted by Gasteiger charge is -2.17. The molecule has 0 saturated carbocycles. The SMILES string of the molecule is CCOC(=O)CNC[C@@H]1COC(C)(C)O1. The van der Waals surface area contributed by atoms with Gasteiger partial charge in [0.25, 0.3) is 0 Å². The van der Waals surface area contributed by atoms with Crippen molar-refractivity contribution in [1.29, 1.82) is 0 Å². The maximum absolute atomic E-state index is 11.0. The Balaban J connectivity index is 2.09. The van der Waals surface area contributed by atoms with Crippen LogP contribution in [-0.2, 0) is 19.0 Å². The number of hydrogen-bond donors (Lipinski definition) is 1. The van der Waals surface area contributed by atoms with Gasteiger partial charge in [-0.1, -0.05) is 0 Å². The second-order valence-electron chi connectivity index (χ2n) is 3.89. The molecule has 0 unspecified atom stereocenters. The minimum atomic E-state index is -0.504. The molecule has 1 atom stereocenters. The van der Waals surface area contributed by atoms with E-state index in [0.717, 1.165) is 0 Å². The van der Waals surface area contributed by atoms with Gasteiger partial charge in [0.15, 0.2) is 5.79 Å². The Morgan fingerprint density at radius 1 is 1.60 bits per heavy atom. The standard InChI is InChI=1S/C10H19NO4/c1-4-13-9(12)6-11-5-8-7-14-10(2,3)15-8/h8,11H,4-7H2,1-3H3/t8-/m1/s1. The summed E-state index contributed by atoms with van der Waals surface area (Å²) in [4.78, 5) is 11.0. The molecule has 1 fully saturated rings. The number of esters is 1. The van der Waals surface area contributed by atoms with Crippen molar-refractivity contribution in [2.45, 2.75) is 32.7 Å². The maximum Gasteiger partial charge on any atom is 0.319 e. The van der Waals surface area contributed by atoms with E-state index < -0.39 is 5.79 Å². The zero-order valence-corrected chi connectivity index (χ0v) is 9.54. The van der Waals surface area contributed by atoms with Gasteiger partial charge in [-0.25, -0.2) is 0 Å². The zero-order valence-electron chi connectivity index (χ0n) is 9.54. The van der Waals surface area contributed by atoms with Gasteiger partial charge in [0.2, 0.25) is 0 Å². The number of carbonyl (C=O) groups is 1. The lowest BCUT2D eigenvalue weighted by atomic mass is 10.3. The highest BCUT2D eigenvalue weighted by Gasteiger charge is 2.32. The van der Waals surface area contributed by atoms with E-state index in [0.29, 0.717) is 19.8 Å². The summed E-state index contributed by atoms with van der Waals surface area (Å²) in [6, 6.07) is 0. The lowest BCUT2D eigenvalue weighted by molar-refractivity contribution is -0.142. The fourth-order valence-corrected chi connectivity index (χ4v) is 1.41. The third-order valence-electron chi connectivity index (χ3n) is 2.01. The number of carbonyl (C=O) groups excluding carboxylic acids is 1.